The fourth-order valence-electron chi connectivity index (χ4n) is 3.31. The largest absolute Gasteiger partial charge is 0.496 e. The molecule has 0 unspecified atom stereocenters. The number of halogens is 1. The van der Waals surface area contributed by atoms with Crippen LogP contribution in [0.15, 0.2) is 18.2 Å². The van der Waals surface area contributed by atoms with Gasteiger partial charge >= 0.3 is 0 Å². The summed E-state index contributed by atoms with van der Waals surface area (Å²) in [6.45, 7) is 1.21. The summed E-state index contributed by atoms with van der Waals surface area (Å²) in [4.78, 5) is 26.2. The number of methoxy groups -OCH3 is 1. The van der Waals surface area contributed by atoms with Gasteiger partial charge in [0.15, 0.2) is 0 Å². The van der Waals surface area contributed by atoms with Gasteiger partial charge in [0, 0.05) is 24.5 Å². The number of nitrogens with one attached hydrogen (secondary N) is 1. The molecule has 1 aromatic rings. The minimum atomic E-state index is -0.0957. The predicted molar refractivity (Wildman–Crippen MR) is 83.2 cm³/mol. The van der Waals surface area contributed by atoms with Gasteiger partial charge in [0.05, 0.1) is 18.7 Å². The zero-order chi connectivity index (χ0) is 15.7. The molecule has 5 nitrogen and oxygen atoms in total. The monoisotopic (exact) mass is 322 g/mol. The lowest BCUT2D eigenvalue weighted by molar-refractivity contribution is -0.121. The topological polar surface area (TPSA) is 58.6 Å². The molecule has 0 bridgehead atoms. The van der Waals surface area contributed by atoms with Gasteiger partial charge in [-0.15, -0.1) is 0 Å². The summed E-state index contributed by atoms with van der Waals surface area (Å²) in [7, 11) is 1.54. The van der Waals surface area contributed by atoms with Crippen molar-refractivity contribution < 1.29 is 14.3 Å². The fourth-order valence-corrected chi connectivity index (χ4v) is 3.49. The van der Waals surface area contributed by atoms with Crippen molar-refractivity contribution in [3.8, 4) is 5.75 Å². The van der Waals surface area contributed by atoms with Crippen LogP contribution in [0.2, 0.25) is 5.02 Å². The van der Waals surface area contributed by atoms with E-state index in [0.717, 1.165) is 12.8 Å². The lowest BCUT2D eigenvalue weighted by Gasteiger charge is -2.18. The van der Waals surface area contributed by atoms with Crippen LogP contribution in [0.5, 0.6) is 5.75 Å². The second-order valence-corrected chi connectivity index (χ2v) is 6.32. The highest BCUT2D eigenvalue weighted by molar-refractivity contribution is 6.31. The van der Waals surface area contributed by atoms with Crippen molar-refractivity contribution in [2.24, 2.45) is 5.92 Å². The van der Waals surface area contributed by atoms with Crippen molar-refractivity contribution >= 4 is 23.4 Å². The Morgan fingerprint density at radius 1 is 1.41 bits per heavy atom. The molecule has 2 saturated heterocycles. The molecule has 0 saturated carbocycles. The summed E-state index contributed by atoms with van der Waals surface area (Å²) in [5, 5.41) is 3.53. The first-order valence-corrected chi connectivity index (χ1v) is 7.88. The molecule has 2 fully saturated rings. The van der Waals surface area contributed by atoms with Crippen LogP contribution < -0.4 is 10.1 Å². The van der Waals surface area contributed by atoms with E-state index in [1.54, 1.807) is 23.1 Å². The average molecular weight is 323 g/mol. The predicted octanol–water partition coefficient (Wildman–Crippen LogP) is 2.09. The maximum Gasteiger partial charge on any atom is 0.257 e. The Labute approximate surface area is 134 Å². The Morgan fingerprint density at radius 2 is 2.23 bits per heavy atom. The second kappa shape index (κ2) is 6.16. The molecule has 2 heterocycles. The molecule has 2 atom stereocenters. The summed E-state index contributed by atoms with van der Waals surface area (Å²) in [5.74, 6) is 0.843. The SMILES string of the molecule is COc1ccc(Cl)cc1C(=O)N1C[C@H]2CCCC(=O)N[C@H]2C1. The van der Waals surface area contributed by atoms with Gasteiger partial charge in [-0.1, -0.05) is 11.6 Å². The van der Waals surface area contributed by atoms with E-state index in [9.17, 15) is 9.59 Å². The molecule has 22 heavy (non-hydrogen) atoms. The quantitative estimate of drug-likeness (QED) is 0.907. The highest BCUT2D eigenvalue weighted by atomic mass is 35.5. The van der Waals surface area contributed by atoms with Crippen molar-refractivity contribution in [2.75, 3.05) is 20.2 Å². The first-order chi connectivity index (χ1) is 10.6. The number of carbonyl (C=O) groups excluding carboxylic acids is 2. The summed E-state index contributed by atoms with van der Waals surface area (Å²) in [6, 6.07) is 5.09. The minimum absolute atomic E-state index is 0.0594. The number of rotatable bonds is 2. The molecule has 0 aliphatic carbocycles. The van der Waals surface area contributed by atoms with Gasteiger partial charge in [-0.3, -0.25) is 9.59 Å². The van der Waals surface area contributed by atoms with Gasteiger partial charge < -0.3 is 15.0 Å². The smallest absolute Gasteiger partial charge is 0.257 e. The van der Waals surface area contributed by atoms with Crippen LogP contribution in [0.25, 0.3) is 0 Å². The summed E-state index contributed by atoms with van der Waals surface area (Å²) in [6.07, 6.45) is 2.44. The molecule has 2 aliphatic heterocycles. The van der Waals surface area contributed by atoms with Crippen LogP contribution in [0.4, 0.5) is 0 Å². The van der Waals surface area contributed by atoms with Crippen molar-refractivity contribution in [1.29, 1.82) is 0 Å². The zero-order valence-corrected chi connectivity index (χ0v) is 13.2. The van der Waals surface area contributed by atoms with Gasteiger partial charge in [-0.25, -0.2) is 0 Å². The van der Waals surface area contributed by atoms with Crippen molar-refractivity contribution in [3.05, 3.63) is 28.8 Å². The molecule has 0 radical (unpaired) electrons. The molecule has 2 aliphatic rings. The third-order valence-electron chi connectivity index (χ3n) is 4.45. The molecule has 1 aromatic carbocycles. The number of benzene rings is 1. The van der Waals surface area contributed by atoms with E-state index in [1.165, 1.54) is 7.11 Å². The van der Waals surface area contributed by atoms with Gasteiger partial charge in [0.25, 0.3) is 5.91 Å². The Hall–Kier alpha value is -1.75. The third kappa shape index (κ3) is 2.90. The van der Waals surface area contributed by atoms with E-state index < -0.39 is 0 Å². The van der Waals surface area contributed by atoms with E-state index in [0.29, 0.717) is 41.8 Å². The molecule has 0 aromatic heterocycles. The van der Waals surface area contributed by atoms with Crippen LogP contribution >= 0.6 is 11.6 Å². The zero-order valence-electron chi connectivity index (χ0n) is 12.5. The van der Waals surface area contributed by atoms with E-state index >= 15 is 0 Å². The number of ether oxygens (including phenoxy) is 1. The summed E-state index contributed by atoms with van der Waals surface area (Å²) < 4.78 is 5.26. The Morgan fingerprint density at radius 3 is 3.00 bits per heavy atom. The van der Waals surface area contributed by atoms with Gasteiger partial charge in [0.1, 0.15) is 5.75 Å². The number of hydrogen-bond donors (Lipinski definition) is 1. The number of carbonyl (C=O) groups is 2. The lowest BCUT2D eigenvalue weighted by atomic mass is 9.99. The normalized spacial score (nSPS) is 24.5. The summed E-state index contributed by atoms with van der Waals surface area (Å²) in [5.41, 5.74) is 0.470. The Bertz CT molecular complexity index is 605. The second-order valence-electron chi connectivity index (χ2n) is 5.88. The molecule has 3 rings (SSSR count). The maximum absolute atomic E-state index is 12.8. The molecular weight excluding hydrogens is 304 g/mol. The van der Waals surface area contributed by atoms with Gasteiger partial charge in [0.2, 0.25) is 5.91 Å². The van der Waals surface area contributed by atoms with E-state index in [4.69, 9.17) is 16.3 Å². The standard InChI is InChI=1S/C16H19ClN2O3/c1-22-14-6-5-11(17)7-12(14)16(21)19-8-10-3-2-4-15(20)18-13(10)9-19/h5-7,10,13H,2-4,8-9H2,1H3,(H,18,20)/t10-,13+/m1/s1. The molecule has 118 valence electrons. The van der Waals surface area contributed by atoms with E-state index in [2.05, 4.69) is 5.32 Å². The maximum atomic E-state index is 12.8. The van der Waals surface area contributed by atoms with Crippen LogP contribution in [-0.4, -0.2) is 43.0 Å². The van der Waals surface area contributed by atoms with Crippen LogP contribution in [-0.2, 0) is 4.79 Å². The number of fused-ring (bicyclic) bond motifs is 1. The molecule has 1 N–H and O–H groups in total. The van der Waals surface area contributed by atoms with Crippen molar-refractivity contribution in [2.45, 2.75) is 25.3 Å². The highest BCUT2D eigenvalue weighted by Gasteiger charge is 2.38. The number of hydrogen-bond acceptors (Lipinski definition) is 3. The van der Waals surface area contributed by atoms with Gasteiger partial charge in [-0.2, -0.15) is 0 Å². The fraction of sp³-hybridized carbons (Fsp3) is 0.500. The number of likely N-dealkylation sites (tertiary alicyclic amines) is 1. The molecule has 0 spiro atoms. The molecule has 2 amide bonds. The number of amides is 2. The molecular formula is C16H19ClN2O3. The number of nitrogens with zero attached hydrogens (tertiary/aromatic N) is 1. The highest BCUT2D eigenvalue weighted by Crippen LogP contribution is 2.29. The van der Waals surface area contributed by atoms with E-state index in [-0.39, 0.29) is 17.9 Å². The Balaban J connectivity index is 1.79. The van der Waals surface area contributed by atoms with Crippen molar-refractivity contribution in [1.82, 2.24) is 10.2 Å². The lowest BCUT2D eigenvalue weighted by Crippen LogP contribution is -2.39. The van der Waals surface area contributed by atoms with Crippen molar-refractivity contribution in [3.63, 3.8) is 0 Å². The first kappa shape index (κ1) is 15.2. The van der Waals surface area contributed by atoms with Gasteiger partial charge in [-0.05, 0) is 37.0 Å². The average Bonchev–Trinajstić information content (AvgIpc) is 2.81. The van der Waals surface area contributed by atoms with Crippen LogP contribution in [0, 0.1) is 5.92 Å². The summed E-state index contributed by atoms with van der Waals surface area (Å²) >= 11 is 6.00. The Kier molecular flexibility index (Phi) is 4.25. The third-order valence-corrected chi connectivity index (χ3v) is 4.68. The minimum Gasteiger partial charge on any atom is -0.496 e. The first-order valence-electron chi connectivity index (χ1n) is 7.50. The molecule has 6 heteroatoms. The van der Waals surface area contributed by atoms with Crippen LogP contribution in [0.3, 0.4) is 0 Å². The van der Waals surface area contributed by atoms with Crippen LogP contribution in [0.1, 0.15) is 29.6 Å². The van der Waals surface area contributed by atoms with E-state index in [1.807, 2.05) is 0 Å².